The molecule has 1 aliphatic rings. The summed E-state index contributed by atoms with van der Waals surface area (Å²) < 4.78 is 4.59. The number of nitrogens with zero attached hydrogens (tertiary/aromatic N) is 2. The minimum Gasteiger partial charge on any atom is -0.475 e. The second kappa shape index (κ2) is 5.20. The molecule has 0 bridgehead atoms. The van der Waals surface area contributed by atoms with Gasteiger partial charge in [-0.1, -0.05) is 24.4 Å². The van der Waals surface area contributed by atoms with Crippen molar-refractivity contribution in [2.24, 2.45) is 0 Å². The van der Waals surface area contributed by atoms with Gasteiger partial charge in [0.25, 0.3) is 5.91 Å². The summed E-state index contributed by atoms with van der Waals surface area (Å²) in [4.78, 5) is 24.4. The first-order chi connectivity index (χ1) is 8.59. The van der Waals surface area contributed by atoms with Crippen LogP contribution >= 0.6 is 0 Å². The van der Waals surface area contributed by atoms with E-state index in [0.29, 0.717) is 0 Å². The van der Waals surface area contributed by atoms with E-state index in [1.165, 1.54) is 12.5 Å². The second-order valence-electron chi connectivity index (χ2n) is 4.59. The molecule has 1 fully saturated rings. The summed E-state index contributed by atoms with van der Waals surface area (Å²) in [6.07, 6.45) is 5.45. The maximum Gasteiger partial charge on any atom is 0.374 e. The van der Waals surface area contributed by atoms with Gasteiger partial charge in [-0.2, -0.15) is 0 Å². The highest BCUT2D eigenvalue weighted by Gasteiger charge is 2.26. The third kappa shape index (κ3) is 2.52. The van der Waals surface area contributed by atoms with Crippen molar-refractivity contribution >= 4 is 11.9 Å². The summed E-state index contributed by atoms with van der Waals surface area (Å²) in [6.45, 7) is 0. The second-order valence-corrected chi connectivity index (χ2v) is 4.59. The molecule has 1 aliphatic carbocycles. The van der Waals surface area contributed by atoms with Crippen LogP contribution in [0.4, 0.5) is 0 Å². The number of rotatable bonds is 3. The molecule has 0 atom stereocenters. The first-order valence-electron chi connectivity index (χ1n) is 6.07. The van der Waals surface area contributed by atoms with Crippen LogP contribution in [0.1, 0.15) is 53.1 Å². The Morgan fingerprint density at radius 1 is 1.39 bits per heavy atom. The number of aromatic nitrogens is 1. The summed E-state index contributed by atoms with van der Waals surface area (Å²) in [7, 11) is 1.73. The van der Waals surface area contributed by atoms with Gasteiger partial charge in [0, 0.05) is 19.2 Å². The quantitative estimate of drug-likeness (QED) is 0.886. The zero-order valence-electron chi connectivity index (χ0n) is 10.3. The Kier molecular flexibility index (Phi) is 3.64. The number of carboxylic acids is 1. The van der Waals surface area contributed by atoms with Gasteiger partial charge in [0.15, 0.2) is 5.69 Å². The molecule has 6 heteroatoms. The molecule has 6 nitrogen and oxygen atoms in total. The van der Waals surface area contributed by atoms with E-state index in [0.717, 1.165) is 25.7 Å². The lowest BCUT2D eigenvalue weighted by Crippen LogP contribution is -2.38. The number of carbonyl (C=O) groups is 2. The number of carboxylic acid groups (broad SMARTS) is 1. The van der Waals surface area contributed by atoms with Gasteiger partial charge in [-0.15, -0.1) is 0 Å². The van der Waals surface area contributed by atoms with E-state index < -0.39 is 5.97 Å². The first kappa shape index (κ1) is 12.6. The molecule has 0 radical (unpaired) electrons. The lowest BCUT2D eigenvalue weighted by atomic mass is 9.94. The third-order valence-electron chi connectivity index (χ3n) is 3.38. The first-order valence-corrected chi connectivity index (χ1v) is 6.07. The summed E-state index contributed by atoms with van der Waals surface area (Å²) in [5, 5.41) is 12.2. The van der Waals surface area contributed by atoms with Crippen LogP contribution in [0.5, 0.6) is 0 Å². The van der Waals surface area contributed by atoms with Crippen molar-refractivity contribution in [3.05, 3.63) is 17.5 Å². The Morgan fingerprint density at radius 3 is 2.61 bits per heavy atom. The van der Waals surface area contributed by atoms with E-state index in [1.807, 2.05) is 0 Å². The highest BCUT2D eigenvalue weighted by molar-refractivity contribution is 5.94. The van der Waals surface area contributed by atoms with E-state index in [9.17, 15) is 9.59 Å². The monoisotopic (exact) mass is 252 g/mol. The van der Waals surface area contributed by atoms with Crippen molar-refractivity contribution in [1.29, 1.82) is 0 Å². The molecule has 1 saturated carbocycles. The molecule has 18 heavy (non-hydrogen) atoms. The molecule has 1 amide bonds. The molecular formula is C12H16N2O4. The molecule has 1 N–H and O–H groups in total. The average Bonchev–Trinajstić information content (AvgIpc) is 2.88. The Bertz CT molecular complexity index is 449. The van der Waals surface area contributed by atoms with Gasteiger partial charge < -0.3 is 14.5 Å². The minimum absolute atomic E-state index is 0.0560. The van der Waals surface area contributed by atoms with Crippen molar-refractivity contribution in [2.75, 3.05) is 7.05 Å². The van der Waals surface area contributed by atoms with Crippen LogP contribution in [0.2, 0.25) is 0 Å². The zero-order valence-corrected chi connectivity index (χ0v) is 10.3. The molecule has 98 valence electrons. The molecule has 0 aromatic carbocycles. The van der Waals surface area contributed by atoms with Gasteiger partial charge >= 0.3 is 5.97 Å². The summed E-state index contributed by atoms with van der Waals surface area (Å²) in [6, 6.07) is 1.39. The number of carbonyl (C=O) groups excluding carboxylic acids is 1. The van der Waals surface area contributed by atoms with Gasteiger partial charge in [-0.25, -0.2) is 4.79 Å². The Morgan fingerprint density at radius 2 is 2.06 bits per heavy atom. The van der Waals surface area contributed by atoms with Crippen LogP contribution in [0.25, 0.3) is 0 Å². The Hall–Kier alpha value is -1.85. The zero-order chi connectivity index (χ0) is 13.1. The molecule has 0 aliphatic heterocycles. The Labute approximate surface area is 105 Å². The van der Waals surface area contributed by atoms with Gasteiger partial charge in [-0.05, 0) is 12.8 Å². The van der Waals surface area contributed by atoms with Crippen molar-refractivity contribution in [2.45, 2.75) is 38.1 Å². The molecule has 2 rings (SSSR count). The molecule has 1 aromatic heterocycles. The molecule has 1 aromatic rings. The molecule has 0 spiro atoms. The van der Waals surface area contributed by atoms with Crippen LogP contribution < -0.4 is 0 Å². The maximum absolute atomic E-state index is 12.1. The summed E-state index contributed by atoms with van der Waals surface area (Å²) >= 11 is 0. The van der Waals surface area contributed by atoms with E-state index in [4.69, 9.17) is 5.11 Å². The fourth-order valence-corrected chi connectivity index (χ4v) is 2.29. The van der Waals surface area contributed by atoms with Gasteiger partial charge in [-0.3, -0.25) is 4.79 Å². The van der Waals surface area contributed by atoms with E-state index in [-0.39, 0.29) is 23.4 Å². The van der Waals surface area contributed by atoms with Crippen LogP contribution in [-0.4, -0.2) is 40.1 Å². The smallest absolute Gasteiger partial charge is 0.374 e. The van der Waals surface area contributed by atoms with Crippen molar-refractivity contribution in [1.82, 2.24) is 10.1 Å². The normalized spacial score (nSPS) is 16.5. The van der Waals surface area contributed by atoms with Gasteiger partial charge in [0.1, 0.15) is 0 Å². The number of amides is 1. The molecule has 0 saturated heterocycles. The van der Waals surface area contributed by atoms with Gasteiger partial charge in [0.2, 0.25) is 5.76 Å². The number of hydrogen-bond acceptors (Lipinski definition) is 4. The number of hydrogen-bond donors (Lipinski definition) is 1. The van der Waals surface area contributed by atoms with E-state index >= 15 is 0 Å². The summed E-state index contributed by atoms with van der Waals surface area (Å²) in [5.74, 6) is -1.81. The fourth-order valence-electron chi connectivity index (χ4n) is 2.29. The highest BCUT2D eigenvalue weighted by Crippen LogP contribution is 2.22. The molecule has 0 unspecified atom stereocenters. The average molecular weight is 252 g/mol. The van der Waals surface area contributed by atoms with Crippen molar-refractivity contribution < 1.29 is 19.2 Å². The highest BCUT2D eigenvalue weighted by atomic mass is 16.5. The SMILES string of the molecule is CN(C(=O)c1cc(C(=O)O)on1)C1CCCCC1. The van der Waals surface area contributed by atoms with Crippen molar-refractivity contribution in [3.8, 4) is 0 Å². The predicted octanol–water partition coefficient (Wildman–Crippen LogP) is 1.78. The van der Waals surface area contributed by atoms with Crippen molar-refractivity contribution in [3.63, 3.8) is 0 Å². The van der Waals surface area contributed by atoms with E-state index in [2.05, 4.69) is 9.68 Å². The van der Waals surface area contributed by atoms with Crippen LogP contribution in [0.3, 0.4) is 0 Å². The fraction of sp³-hybridized carbons (Fsp3) is 0.583. The van der Waals surface area contributed by atoms with Crippen LogP contribution in [-0.2, 0) is 0 Å². The minimum atomic E-state index is -1.22. The molecule has 1 heterocycles. The lowest BCUT2D eigenvalue weighted by molar-refractivity contribution is 0.0644. The van der Waals surface area contributed by atoms with Crippen LogP contribution in [0, 0.1) is 0 Å². The summed E-state index contributed by atoms with van der Waals surface area (Å²) in [5.41, 5.74) is 0.0560. The molecular weight excluding hydrogens is 236 g/mol. The van der Waals surface area contributed by atoms with Crippen LogP contribution in [0.15, 0.2) is 10.6 Å². The largest absolute Gasteiger partial charge is 0.475 e. The lowest BCUT2D eigenvalue weighted by Gasteiger charge is -2.30. The number of aromatic carboxylic acids is 1. The third-order valence-corrected chi connectivity index (χ3v) is 3.38. The topological polar surface area (TPSA) is 83.6 Å². The maximum atomic E-state index is 12.1. The Balaban J connectivity index is 2.07. The van der Waals surface area contributed by atoms with E-state index in [1.54, 1.807) is 11.9 Å². The standard InChI is InChI=1S/C12H16N2O4/c1-14(8-5-3-2-4-6-8)11(15)9-7-10(12(16)17)18-13-9/h7-8H,2-6H2,1H3,(H,16,17). The predicted molar refractivity (Wildman–Crippen MR) is 62.4 cm³/mol. The van der Waals surface area contributed by atoms with Gasteiger partial charge in [0.05, 0.1) is 0 Å².